The Bertz CT molecular complexity index is 372. The summed E-state index contributed by atoms with van der Waals surface area (Å²) in [5, 5.41) is 13.0. The molecule has 1 heterocycles. The van der Waals surface area contributed by atoms with Crippen LogP contribution >= 0.6 is 15.9 Å². The third kappa shape index (κ3) is 2.39. The number of nitrogens with one attached hydrogen (secondary N) is 1. The van der Waals surface area contributed by atoms with Crippen molar-refractivity contribution in [2.75, 3.05) is 18.5 Å². The van der Waals surface area contributed by atoms with Crippen LogP contribution in [-0.4, -0.2) is 30.5 Å². The first kappa shape index (κ1) is 11.9. The van der Waals surface area contributed by atoms with Gasteiger partial charge in [0.25, 0.3) is 0 Å². The van der Waals surface area contributed by atoms with Crippen molar-refractivity contribution in [3.63, 3.8) is 0 Å². The molecule has 2 unspecified atom stereocenters. The molecule has 4 heteroatoms. The Hall–Kier alpha value is -0.580. The average Bonchev–Trinajstić information content (AvgIpc) is 2.61. The minimum absolute atomic E-state index is 0.0000227. The second-order valence-corrected chi connectivity index (χ2v) is 5.07. The van der Waals surface area contributed by atoms with Gasteiger partial charge in [-0.1, -0.05) is 15.9 Å². The number of aliphatic hydroxyl groups excluding tert-OH is 1. The van der Waals surface area contributed by atoms with Crippen LogP contribution in [-0.2, 0) is 4.74 Å². The van der Waals surface area contributed by atoms with Crippen molar-refractivity contribution in [3.8, 4) is 0 Å². The van der Waals surface area contributed by atoms with Crippen LogP contribution in [0, 0.1) is 13.8 Å². The first-order chi connectivity index (χ1) is 7.58. The van der Waals surface area contributed by atoms with Gasteiger partial charge < -0.3 is 15.2 Å². The number of rotatable bonds is 2. The fourth-order valence-electron chi connectivity index (χ4n) is 1.92. The summed E-state index contributed by atoms with van der Waals surface area (Å²) in [6.07, 6.45) is -0.413. The minimum Gasteiger partial charge on any atom is -0.388 e. The number of ether oxygens (including phenoxy) is 1. The second-order valence-electron chi connectivity index (χ2n) is 4.28. The highest BCUT2D eigenvalue weighted by Crippen LogP contribution is 2.26. The maximum atomic E-state index is 9.65. The topological polar surface area (TPSA) is 41.5 Å². The molecule has 0 spiro atoms. The number of aliphatic hydroxyl groups is 1. The molecule has 3 nitrogen and oxygen atoms in total. The molecule has 1 aromatic carbocycles. The lowest BCUT2D eigenvalue weighted by atomic mass is 10.1. The Morgan fingerprint density at radius 1 is 1.31 bits per heavy atom. The molecule has 1 aromatic rings. The number of hydrogen-bond acceptors (Lipinski definition) is 3. The monoisotopic (exact) mass is 285 g/mol. The number of hydrogen-bond donors (Lipinski definition) is 2. The first-order valence-corrected chi connectivity index (χ1v) is 6.16. The molecule has 1 fully saturated rings. The van der Waals surface area contributed by atoms with Crippen LogP contribution in [0.2, 0.25) is 0 Å². The van der Waals surface area contributed by atoms with E-state index in [2.05, 4.69) is 47.2 Å². The van der Waals surface area contributed by atoms with E-state index in [0.29, 0.717) is 13.2 Å². The van der Waals surface area contributed by atoms with Crippen molar-refractivity contribution >= 4 is 21.6 Å². The van der Waals surface area contributed by atoms with Crippen molar-refractivity contribution in [2.45, 2.75) is 26.0 Å². The van der Waals surface area contributed by atoms with Crippen molar-refractivity contribution in [3.05, 3.63) is 27.7 Å². The van der Waals surface area contributed by atoms with E-state index in [1.807, 2.05) is 0 Å². The standard InChI is InChI=1S/C12H16BrNO2/c1-7-3-9(4-8(2)12(7)13)14-10-5-16-6-11(10)15/h3-4,10-11,14-15H,5-6H2,1-2H3. The summed E-state index contributed by atoms with van der Waals surface area (Å²) in [5.74, 6) is 0. The maximum Gasteiger partial charge on any atom is 0.0996 e. The lowest BCUT2D eigenvalue weighted by Gasteiger charge is -2.17. The number of benzene rings is 1. The van der Waals surface area contributed by atoms with Crippen molar-refractivity contribution in [1.82, 2.24) is 0 Å². The smallest absolute Gasteiger partial charge is 0.0996 e. The Morgan fingerprint density at radius 3 is 2.44 bits per heavy atom. The Labute approximate surface area is 104 Å². The Balaban J connectivity index is 2.15. The van der Waals surface area contributed by atoms with Crippen molar-refractivity contribution in [1.29, 1.82) is 0 Å². The Morgan fingerprint density at radius 2 is 1.94 bits per heavy atom. The Kier molecular flexibility index (Phi) is 3.52. The lowest BCUT2D eigenvalue weighted by molar-refractivity contribution is 0.125. The fraction of sp³-hybridized carbons (Fsp3) is 0.500. The highest BCUT2D eigenvalue weighted by Gasteiger charge is 2.25. The average molecular weight is 286 g/mol. The fourth-order valence-corrected chi connectivity index (χ4v) is 2.15. The molecule has 0 amide bonds. The first-order valence-electron chi connectivity index (χ1n) is 5.37. The molecule has 2 atom stereocenters. The van der Waals surface area contributed by atoms with E-state index in [0.717, 1.165) is 10.2 Å². The summed E-state index contributed by atoms with van der Waals surface area (Å²) in [5.41, 5.74) is 3.42. The molecule has 1 aliphatic rings. The van der Waals surface area contributed by atoms with Crippen LogP contribution in [0.5, 0.6) is 0 Å². The lowest BCUT2D eigenvalue weighted by Crippen LogP contribution is -2.31. The van der Waals surface area contributed by atoms with E-state index in [4.69, 9.17) is 4.74 Å². The van der Waals surface area contributed by atoms with Crippen LogP contribution in [0.25, 0.3) is 0 Å². The normalized spacial score (nSPS) is 24.8. The summed E-state index contributed by atoms with van der Waals surface area (Å²) in [6, 6.07) is 4.14. The molecule has 0 bridgehead atoms. The molecule has 0 radical (unpaired) electrons. The van der Waals surface area contributed by atoms with Crippen LogP contribution in [0.15, 0.2) is 16.6 Å². The molecule has 88 valence electrons. The molecule has 0 aliphatic carbocycles. The van der Waals surface area contributed by atoms with E-state index < -0.39 is 6.10 Å². The molecule has 0 saturated carbocycles. The second kappa shape index (κ2) is 4.73. The summed E-state index contributed by atoms with van der Waals surface area (Å²) in [6.45, 7) is 5.11. The largest absolute Gasteiger partial charge is 0.388 e. The van der Waals surface area contributed by atoms with E-state index >= 15 is 0 Å². The summed E-state index contributed by atoms with van der Waals surface area (Å²) in [7, 11) is 0. The van der Waals surface area contributed by atoms with Crippen LogP contribution < -0.4 is 5.32 Å². The zero-order chi connectivity index (χ0) is 11.7. The van der Waals surface area contributed by atoms with E-state index in [9.17, 15) is 5.11 Å². The third-order valence-electron chi connectivity index (χ3n) is 2.84. The predicted molar refractivity (Wildman–Crippen MR) is 67.9 cm³/mol. The van der Waals surface area contributed by atoms with Crippen LogP contribution in [0.1, 0.15) is 11.1 Å². The van der Waals surface area contributed by atoms with Gasteiger partial charge in [-0.05, 0) is 37.1 Å². The van der Waals surface area contributed by atoms with Gasteiger partial charge in [-0.15, -0.1) is 0 Å². The van der Waals surface area contributed by atoms with E-state index in [1.54, 1.807) is 0 Å². The predicted octanol–water partition coefficient (Wildman–Crippen LogP) is 2.24. The van der Waals surface area contributed by atoms with Gasteiger partial charge in [0.2, 0.25) is 0 Å². The molecule has 2 rings (SSSR count). The number of halogens is 1. The van der Waals surface area contributed by atoms with Gasteiger partial charge in [0, 0.05) is 10.2 Å². The highest BCUT2D eigenvalue weighted by molar-refractivity contribution is 9.10. The number of anilines is 1. The summed E-state index contributed by atoms with van der Waals surface area (Å²) >= 11 is 3.54. The van der Waals surface area contributed by atoms with Gasteiger partial charge >= 0.3 is 0 Å². The quantitative estimate of drug-likeness (QED) is 0.876. The van der Waals surface area contributed by atoms with E-state index in [-0.39, 0.29) is 6.04 Å². The minimum atomic E-state index is -0.413. The molecular weight excluding hydrogens is 270 g/mol. The molecule has 16 heavy (non-hydrogen) atoms. The number of aryl methyl sites for hydroxylation is 2. The van der Waals surface area contributed by atoms with E-state index in [1.165, 1.54) is 11.1 Å². The van der Waals surface area contributed by atoms with Gasteiger partial charge in [-0.2, -0.15) is 0 Å². The zero-order valence-corrected chi connectivity index (χ0v) is 11.0. The van der Waals surface area contributed by atoms with Gasteiger partial charge in [-0.3, -0.25) is 0 Å². The van der Waals surface area contributed by atoms with Gasteiger partial charge in [-0.25, -0.2) is 0 Å². The molecule has 1 saturated heterocycles. The molecular formula is C12H16BrNO2. The summed E-state index contributed by atoms with van der Waals surface area (Å²) in [4.78, 5) is 0. The van der Waals surface area contributed by atoms with Gasteiger partial charge in [0.15, 0.2) is 0 Å². The zero-order valence-electron chi connectivity index (χ0n) is 9.46. The maximum absolute atomic E-state index is 9.65. The third-order valence-corrected chi connectivity index (χ3v) is 4.09. The molecule has 0 aromatic heterocycles. The van der Waals surface area contributed by atoms with Gasteiger partial charge in [0.05, 0.1) is 25.4 Å². The van der Waals surface area contributed by atoms with Gasteiger partial charge in [0.1, 0.15) is 0 Å². The van der Waals surface area contributed by atoms with Crippen molar-refractivity contribution in [2.24, 2.45) is 0 Å². The SMILES string of the molecule is Cc1cc(NC2COCC2O)cc(C)c1Br. The van der Waals surface area contributed by atoms with Crippen LogP contribution in [0.3, 0.4) is 0 Å². The molecule has 2 N–H and O–H groups in total. The molecule has 1 aliphatic heterocycles. The van der Waals surface area contributed by atoms with Crippen molar-refractivity contribution < 1.29 is 9.84 Å². The highest BCUT2D eigenvalue weighted by atomic mass is 79.9. The van der Waals surface area contributed by atoms with Crippen LogP contribution in [0.4, 0.5) is 5.69 Å². The summed E-state index contributed by atoms with van der Waals surface area (Å²) < 4.78 is 6.34.